The number of halogens is 2. The molecule has 0 radical (unpaired) electrons. The SMILES string of the molecule is O=C(Nc1ccc2c(c1)OCCO2)[C@@H]1CCCN1C(=O)c1ccc(Cl)c(Cl)c1. The Hall–Kier alpha value is -2.44. The number of nitrogens with zero attached hydrogens (tertiary/aromatic N) is 1. The number of amides is 2. The molecule has 146 valence electrons. The highest BCUT2D eigenvalue weighted by Gasteiger charge is 2.34. The highest BCUT2D eigenvalue weighted by atomic mass is 35.5. The molecule has 2 aliphatic rings. The highest BCUT2D eigenvalue weighted by molar-refractivity contribution is 6.42. The molecule has 0 unspecified atom stereocenters. The maximum Gasteiger partial charge on any atom is 0.254 e. The van der Waals surface area contributed by atoms with Crippen LogP contribution in [-0.4, -0.2) is 42.5 Å². The van der Waals surface area contributed by atoms with Crippen LogP contribution in [0.5, 0.6) is 11.5 Å². The first-order chi connectivity index (χ1) is 13.5. The Bertz CT molecular complexity index is 934. The lowest BCUT2D eigenvalue weighted by Crippen LogP contribution is -2.43. The summed E-state index contributed by atoms with van der Waals surface area (Å²) in [6.45, 7) is 1.49. The molecule has 2 aromatic rings. The summed E-state index contributed by atoms with van der Waals surface area (Å²) in [6, 6.07) is 9.42. The third-order valence-electron chi connectivity index (χ3n) is 4.79. The van der Waals surface area contributed by atoms with Crippen LogP contribution in [0, 0.1) is 0 Å². The molecule has 2 heterocycles. The number of ether oxygens (including phenoxy) is 2. The molecule has 2 aliphatic heterocycles. The fraction of sp³-hybridized carbons (Fsp3) is 0.300. The summed E-state index contributed by atoms with van der Waals surface area (Å²) in [5.41, 5.74) is 1.01. The zero-order chi connectivity index (χ0) is 19.7. The second-order valence-electron chi connectivity index (χ2n) is 6.63. The van der Waals surface area contributed by atoms with Crippen LogP contribution in [0.2, 0.25) is 10.0 Å². The maximum atomic E-state index is 12.9. The van der Waals surface area contributed by atoms with E-state index in [1.165, 1.54) is 6.07 Å². The lowest BCUT2D eigenvalue weighted by molar-refractivity contribution is -0.119. The Morgan fingerprint density at radius 3 is 2.57 bits per heavy atom. The van der Waals surface area contributed by atoms with Gasteiger partial charge in [0, 0.05) is 23.9 Å². The van der Waals surface area contributed by atoms with Crippen molar-refractivity contribution < 1.29 is 19.1 Å². The molecule has 28 heavy (non-hydrogen) atoms. The molecule has 0 bridgehead atoms. The largest absolute Gasteiger partial charge is 0.486 e. The summed E-state index contributed by atoms with van der Waals surface area (Å²) < 4.78 is 11.0. The van der Waals surface area contributed by atoms with Gasteiger partial charge >= 0.3 is 0 Å². The van der Waals surface area contributed by atoms with Gasteiger partial charge in [0.2, 0.25) is 5.91 Å². The van der Waals surface area contributed by atoms with Crippen LogP contribution in [0.1, 0.15) is 23.2 Å². The van der Waals surface area contributed by atoms with Crippen LogP contribution in [0.4, 0.5) is 5.69 Å². The fourth-order valence-corrected chi connectivity index (χ4v) is 3.72. The molecule has 0 aromatic heterocycles. The molecular weight excluding hydrogens is 403 g/mol. The maximum absolute atomic E-state index is 12.9. The number of benzene rings is 2. The van der Waals surface area contributed by atoms with Crippen LogP contribution in [-0.2, 0) is 4.79 Å². The number of fused-ring (bicyclic) bond motifs is 1. The highest BCUT2D eigenvalue weighted by Crippen LogP contribution is 2.33. The van der Waals surface area contributed by atoms with Gasteiger partial charge < -0.3 is 19.7 Å². The summed E-state index contributed by atoms with van der Waals surface area (Å²) in [5, 5.41) is 3.57. The number of nitrogens with one attached hydrogen (secondary N) is 1. The van der Waals surface area contributed by atoms with E-state index in [1.54, 1.807) is 35.2 Å². The van der Waals surface area contributed by atoms with Crippen LogP contribution >= 0.6 is 23.2 Å². The van der Waals surface area contributed by atoms with Gasteiger partial charge in [0.15, 0.2) is 11.5 Å². The van der Waals surface area contributed by atoms with Crippen LogP contribution < -0.4 is 14.8 Å². The zero-order valence-electron chi connectivity index (χ0n) is 14.9. The van der Waals surface area contributed by atoms with Crippen molar-refractivity contribution >= 4 is 40.7 Å². The summed E-state index contributed by atoms with van der Waals surface area (Å²) >= 11 is 11.9. The lowest BCUT2D eigenvalue weighted by atomic mass is 10.1. The average Bonchev–Trinajstić information content (AvgIpc) is 3.19. The van der Waals surface area contributed by atoms with Crippen molar-refractivity contribution in [2.24, 2.45) is 0 Å². The first-order valence-corrected chi connectivity index (χ1v) is 9.75. The zero-order valence-corrected chi connectivity index (χ0v) is 16.4. The normalized spacial score (nSPS) is 18.1. The fourth-order valence-electron chi connectivity index (χ4n) is 3.42. The Balaban J connectivity index is 1.49. The van der Waals surface area contributed by atoms with E-state index in [4.69, 9.17) is 32.7 Å². The van der Waals surface area contributed by atoms with Crippen LogP contribution in [0.3, 0.4) is 0 Å². The van der Waals surface area contributed by atoms with Crippen molar-refractivity contribution in [3.8, 4) is 11.5 Å². The summed E-state index contributed by atoms with van der Waals surface area (Å²) in [4.78, 5) is 27.3. The van der Waals surface area contributed by atoms with Gasteiger partial charge in [-0.15, -0.1) is 0 Å². The van der Waals surface area contributed by atoms with Crippen LogP contribution in [0.15, 0.2) is 36.4 Å². The topological polar surface area (TPSA) is 67.9 Å². The Labute approximate surface area is 172 Å². The van der Waals surface area contributed by atoms with Crippen molar-refractivity contribution in [2.75, 3.05) is 25.1 Å². The van der Waals surface area contributed by atoms with Gasteiger partial charge in [0.1, 0.15) is 19.3 Å². The van der Waals surface area contributed by atoms with Crippen molar-refractivity contribution in [1.29, 1.82) is 0 Å². The van der Waals surface area contributed by atoms with Crippen molar-refractivity contribution in [1.82, 2.24) is 4.90 Å². The predicted octanol–water partition coefficient (Wildman–Crippen LogP) is 4.01. The number of carbonyl (C=O) groups is 2. The first kappa shape index (κ1) is 18.9. The number of likely N-dealkylation sites (tertiary alicyclic amines) is 1. The van der Waals surface area contributed by atoms with E-state index in [9.17, 15) is 9.59 Å². The molecule has 0 saturated carbocycles. The minimum absolute atomic E-state index is 0.234. The predicted molar refractivity (Wildman–Crippen MR) is 107 cm³/mol. The van der Waals surface area contributed by atoms with E-state index in [0.717, 1.165) is 6.42 Å². The molecule has 0 spiro atoms. The van der Waals surface area contributed by atoms with E-state index in [1.807, 2.05) is 0 Å². The van der Waals surface area contributed by atoms with Crippen molar-refractivity contribution in [3.05, 3.63) is 52.0 Å². The minimum Gasteiger partial charge on any atom is -0.486 e. The smallest absolute Gasteiger partial charge is 0.254 e. The summed E-state index contributed by atoms with van der Waals surface area (Å²) in [6.07, 6.45) is 1.36. The van der Waals surface area contributed by atoms with E-state index in [0.29, 0.717) is 59.0 Å². The molecule has 1 saturated heterocycles. The third-order valence-corrected chi connectivity index (χ3v) is 5.53. The Morgan fingerprint density at radius 1 is 1.00 bits per heavy atom. The summed E-state index contributed by atoms with van der Waals surface area (Å²) in [7, 11) is 0. The Morgan fingerprint density at radius 2 is 1.79 bits per heavy atom. The van der Waals surface area contributed by atoms with E-state index in [-0.39, 0.29) is 11.8 Å². The van der Waals surface area contributed by atoms with Gasteiger partial charge in [-0.3, -0.25) is 9.59 Å². The second kappa shape index (κ2) is 7.89. The van der Waals surface area contributed by atoms with E-state index in [2.05, 4.69) is 5.32 Å². The van der Waals surface area contributed by atoms with Gasteiger partial charge in [-0.05, 0) is 43.2 Å². The van der Waals surface area contributed by atoms with Gasteiger partial charge in [0.25, 0.3) is 5.91 Å². The van der Waals surface area contributed by atoms with Gasteiger partial charge in [0.05, 0.1) is 10.0 Å². The molecule has 1 N–H and O–H groups in total. The molecule has 1 fully saturated rings. The van der Waals surface area contributed by atoms with Gasteiger partial charge in [-0.25, -0.2) is 0 Å². The molecule has 2 amide bonds. The molecule has 6 nitrogen and oxygen atoms in total. The number of hydrogen-bond donors (Lipinski definition) is 1. The molecule has 8 heteroatoms. The number of carbonyl (C=O) groups excluding carboxylic acids is 2. The molecule has 2 aromatic carbocycles. The molecule has 4 rings (SSSR count). The van der Waals surface area contributed by atoms with Crippen LogP contribution in [0.25, 0.3) is 0 Å². The third kappa shape index (κ3) is 3.75. The quantitative estimate of drug-likeness (QED) is 0.814. The minimum atomic E-state index is -0.546. The number of anilines is 1. The van der Waals surface area contributed by atoms with Gasteiger partial charge in [-0.2, -0.15) is 0 Å². The number of hydrogen-bond acceptors (Lipinski definition) is 4. The molecule has 1 atom stereocenters. The second-order valence-corrected chi connectivity index (χ2v) is 7.45. The summed E-state index contributed by atoms with van der Waals surface area (Å²) in [5.74, 6) is 0.779. The lowest BCUT2D eigenvalue weighted by Gasteiger charge is -2.24. The number of rotatable bonds is 3. The van der Waals surface area contributed by atoms with E-state index >= 15 is 0 Å². The van der Waals surface area contributed by atoms with Crippen molar-refractivity contribution in [2.45, 2.75) is 18.9 Å². The first-order valence-electron chi connectivity index (χ1n) is 8.99. The average molecular weight is 421 g/mol. The molecular formula is C20H18Cl2N2O4. The standard InChI is InChI=1S/C20H18Cl2N2O4/c21-14-5-3-12(10-15(14)22)20(26)24-7-1-2-16(24)19(25)23-13-4-6-17-18(11-13)28-9-8-27-17/h3-6,10-11,16H,1-2,7-9H2,(H,23,25)/t16-/m0/s1. The van der Waals surface area contributed by atoms with Crippen molar-refractivity contribution in [3.63, 3.8) is 0 Å². The Kier molecular flexibility index (Phi) is 5.33. The monoisotopic (exact) mass is 420 g/mol. The molecule has 0 aliphatic carbocycles. The van der Waals surface area contributed by atoms with E-state index < -0.39 is 6.04 Å². The van der Waals surface area contributed by atoms with Gasteiger partial charge in [-0.1, -0.05) is 23.2 Å².